The van der Waals surface area contributed by atoms with E-state index in [-0.39, 0.29) is 5.92 Å². The minimum Gasteiger partial charge on any atom is -0.341 e. The molecule has 0 fully saturated rings. The highest BCUT2D eigenvalue weighted by molar-refractivity contribution is 7.98. The van der Waals surface area contributed by atoms with E-state index in [4.69, 9.17) is 0 Å². The maximum Gasteiger partial charge on any atom is 0.0413 e. The van der Waals surface area contributed by atoms with Crippen LogP contribution in [0.3, 0.4) is 0 Å². The van der Waals surface area contributed by atoms with Crippen LogP contribution in [0.2, 0.25) is 0 Å². The minimum atomic E-state index is 0.151. The van der Waals surface area contributed by atoms with Crippen LogP contribution >= 0.6 is 11.8 Å². The molecule has 0 heterocycles. The SMILES string of the molecule is CCCc1cc(N(CCC)c2ccccc2)ccc1C(c1ccc(N(CCC)c2ccccc2)cc1CCC)c1ccccc1SC. The Balaban J connectivity index is 1.70. The lowest BCUT2D eigenvalue weighted by Crippen LogP contribution is -2.19. The van der Waals surface area contributed by atoms with Gasteiger partial charge in [0, 0.05) is 46.7 Å². The molecule has 0 saturated carbocycles. The first-order valence-electron chi connectivity index (χ1n) is 17.7. The van der Waals surface area contributed by atoms with Gasteiger partial charge in [-0.3, -0.25) is 0 Å². The molecule has 3 heteroatoms. The maximum atomic E-state index is 2.49. The van der Waals surface area contributed by atoms with Crippen LogP contribution in [0.1, 0.15) is 87.1 Å². The van der Waals surface area contributed by atoms with E-state index in [1.807, 2.05) is 11.8 Å². The number of benzene rings is 5. The fourth-order valence-corrected chi connectivity index (χ4v) is 7.58. The van der Waals surface area contributed by atoms with Gasteiger partial charge in [-0.15, -0.1) is 11.8 Å². The van der Waals surface area contributed by atoms with E-state index in [1.165, 1.54) is 55.5 Å². The van der Waals surface area contributed by atoms with Crippen molar-refractivity contribution in [1.82, 2.24) is 0 Å². The number of anilines is 4. The number of rotatable bonds is 16. The summed E-state index contributed by atoms with van der Waals surface area (Å²) in [5, 5.41) is 0. The zero-order valence-electron chi connectivity index (χ0n) is 29.1. The van der Waals surface area contributed by atoms with Gasteiger partial charge < -0.3 is 9.80 Å². The van der Waals surface area contributed by atoms with Crippen molar-refractivity contribution < 1.29 is 0 Å². The van der Waals surface area contributed by atoms with E-state index in [2.05, 4.69) is 165 Å². The Hall–Kier alpha value is -3.95. The summed E-state index contributed by atoms with van der Waals surface area (Å²) in [5.74, 6) is 0.151. The normalized spacial score (nSPS) is 11.2. The monoisotopic (exact) mass is 640 g/mol. The van der Waals surface area contributed by atoms with E-state index in [1.54, 1.807) is 0 Å². The van der Waals surface area contributed by atoms with Crippen LogP contribution in [0, 0.1) is 0 Å². The number of thioether (sulfide) groups is 1. The fourth-order valence-electron chi connectivity index (χ4n) is 6.94. The molecule has 0 aliphatic rings. The van der Waals surface area contributed by atoms with E-state index in [0.29, 0.717) is 0 Å². The smallest absolute Gasteiger partial charge is 0.0413 e. The molecule has 0 aliphatic carbocycles. The fraction of sp³-hybridized carbons (Fsp3) is 0.318. The Bertz CT molecular complexity index is 1580. The van der Waals surface area contributed by atoms with Crippen LogP contribution in [0.4, 0.5) is 22.7 Å². The third-order valence-corrected chi connectivity index (χ3v) is 9.83. The van der Waals surface area contributed by atoms with Crippen LogP contribution in [0.5, 0.6) is 0 Å². The lowest BCUT2D eigenvalue weighted by atomic mass is 9.79. The number of para-hydroxylation sites is 2. The van der Waals surface area contributed by atoms with Crippen molar-refractivity contribution in [3.8, 4) is 0 Å². The molecule has 0 N–H and O–H groups in total. The van der Waals surface area contributed by atoms with E-state index in [0.717, 1.165) is 51.6 Å². The van der Waals surface area contributed by atoms with E-state index < -0.39 is 0 Å². The van der Waals surface area contributed by atoms with Gasteiger partial charge in [0.05, 0.1) is 0 Å². The van der Waals surface area contributed by atoms with E-state index in [9.17, 15) is 0 Å². The third kappa shape index (κ3) is 8.14. The highest BCUT2D eigenvalue weighted by Gasteiger charge is 2.26. The Morgan fingerprint density at radius 3 is 1.34 bits per heavy atom. The molecule has 0 bridgehead atoms. The summed E-state index contributed by atoms with van der Waals surface area (Å²) in [6.45, 7) is 11.1. The number of nitrogens with zero attached hydrogens (tertiary/aromatic N) is 2. The summed E-state index contributed by atoms with van der Waals surface area (Å²) >= 11 is 1.86. The van der Waals surface area contributed by atoms with Crippen molar-refractivity contribution in [1.29, 1.82) is 0 Å². The van der Waals surface area contributed by atoms with Gasteiger partial charge in [-0.1, -0.05) is 107 Å². The summed E-state index contributed by atoms with van der Waals surface area (Å²) < 4.78 is 0. The molecule has 0 amide bonds. The topological polar surface area (TPSA) is 6.48 Å². The molecule has 0 aliphatic heterocycles. The van der Waals surface area contributed by atoms with Crippen LogP contribution in [-0.2, 0) is 12.8 Å². The number of hydrogen-bond donors (Lipinski definition) is 0. The zero-order chi connectivity index (χ0) is 33.0. The van der Waals surface area contributed by atoms with Gasteiger partial charge in [0.25, 0.3) is 0 Å². The molecule has 0 aromatic heterocycles. The maximum absolute atomic E-state index is 2.49. The van der Waals surface area contributed by atoms with Gasteiger partial charge in [-0.2, -0.15) is 0 Å². The molecule has 0 atom stereocenters. The van der Waals surface area contributed by atoms with Crippen molar-refractivity contribution in [2.75, 3.05) is 29.1 Å². The highest BCUT2D eigenvalue weighted by atomic mass is 32.2. The van der Waals surface area contributed by atoms with Gasteiger partial charge in [0.1, 0.15) is 0 Å². The molecule has 5 aromatic rings. The van der Waals surface area contributed by atoms with Gasteiger partial charge in [-0.05, 0) is 114 Å². The molecule has 244 valence electrons. The second-order valence-corrected chi connectivity index (χ2v) is 13.3. The molecule has 47 heavy (non-hydrogen) atoms. The van der Waals surface area contributed by atoms with Gasteiger partial charge >= 0.3 is 0 Å². The minimum absolute atomic E-state index is 0.151. The largest absolute Gasteiger partial charge is 0.341 e. The quantitative estimate of drug-likeness (QED) is 0.0782. The molecular formula is C44H52N2S. The first-order valence-corrected chi connectivity index (χ1v) is 18.9. The molecule has 0 spiro atoms. The summed E-state index contributed by atoms with van der Waals surface area (Å²) in [6, 6.07) is 45.4. The number of aryl methyl sites for hydroxylation is 2. The molecule has 0 unspecified atom stereocenters. The Labute approximate surface area is 288 Å². The molecule has 0 saturated heterocycles. The second kappa shape index (κ2) is 17.3. The van der Waals surface area contributed by atoms with Crippen molar-refractivity contribution in [2.24, 2.45) is 0 Å². The second-order valence-electron chi connectivity index (χ2n) is 12.4. The first kappa shape index (κ1) is 34.4. The summed E-state index contributed by atoms with van der Waals surface area (Å²) in [4.78, 5) is 6.32. The molecule has 0 radical (unpaired) electrons. The average molecular weight is 641 g/mol. The summed E-state index contributed by atoms with van der Waals surface area (Å²) in [5.41, 5.74) is 12.2. The lowest BCUT2D eigenvalue weighted by molar-refractivity contribution is 0.832. The van der Waals surface area contributed by atoms with Crippen molar-refractivity contribution in [2.45, 2.75) is 77.0 Å². The van der Waals surface area contributed by atoms with Crippen LogP contribution in [0.25, 0.3) is 0 Å². The highest BCUT2D eigenvalue weighted by Crippen LogP contribution is 2.43. The molecular weight excluding hydrogens is 589 g/mol. The standard InChI is InChI=1S/C44H52N2S/c1-6-18-34-32-38(45(30-8-3)36-20-12-10-13-21-36)26-28-40(34)44(42-24-16-17-25-43(42)47-5)41-29-27-39(33-35(41)19-7-2)46(31-9-4)37-22-14-11-15-23-37/h10-17,20-29,32-33,44H,6-9,18-19,30-31H2,1-5H3. The van der Waals surface area contributed by atoms with Gasteiger partial charge in [0.2, 0.25) is 0 Å². The van der Waals surface area contributed by atoms with Crippen LogP contribution in [0.15, 0.2) is 126 Å². The summed E-state index contributed by atoms with van der Waals surface area (Å²) in [6.07, 6.45) is 8.71. The van der Waals surface area contributed by atoms with Crippen molar-refractivity contribution in [3.63, 3.8) is 0 Å². The van der Waals surface area contributed by atoms with Gasteiger partial charge in [0.15, 0.2) is 0 Å². The predicted molar refractivity (Wildman–Crippen MR) is 208 cm³/mol. The third-order valence-electron chi connectivity index (χ3n) is 9.02. The zero-order valence-corrected chi connectivity index (χ0v) is 29.9. The Kier molecular flexibility index (Phi) is 12.6. The molecule has 2 nitrogen and oxygen atoms in total. The molecule has 5 aromatic carbocycles. The molecule has 5 rings (SSSR count). The van der Waals surface area contributed by atoms with Crippen molar-refractivity contribution in [3.05, 3.63) is 149 Å². The average Bonchev–Trinajstić information content (AvgIpc) is 3.12. The van der Waals surface area contributed by atoms with Crippen LogP contribution in [-0.4, -0.2) is 19.3 Å². The first-order chi connectivity index (χ1) is 23.1. The predicted octanol–water partition coefficient (Wildman–Crippen LogP) is 12.6. The van der Waals surface area contributed by atoms with Gasteiger partial charge in [-0.25, -0.2) is 0 Å². The summed E-state index contributed by atoms with van der Waals surface area (Å²) in [7, 11) is 0. The van der Waals surface area contributed by atoms with Crippen LogP contribution < -0.4 is 9.80 Å². The van der Waals surface area contributed by atoms with Crippen molar-refractivity contribution >= 4 is 34.5 Å². The Morgan fingerprint density at radius 2 is 0.915 bits per heavy atom. The Morgan fingerprint density at radius 1 is 0.468 bits per heavy atom. The lowest BCUT2D eigenvalue weighted by Gasteiger charge is -2.30. The van der Waals surface area contributed by atoms with E-state index >= 15 is 0 Å². The number of hydrogen-bond acceptors (Lipinski definition) is 3.